The van der Waals surface area contributed by atoms with Crippen molar-refractivity contribution in [1.82, 2.24) is 10.2 Å². The van der Waals surface area contributed by atoms with Gasteiger partial charge in [0.1, 0.15) is 23.2 Å². The van der Waals surface area contributed by atoms with E-state index in [4.69, 9.17) is 5.26 Å². The average molecular weight is 251 g/mol. The Kier molecular flexibility index (Phi) is 3.53. The zero-order chi connectivity index (χ0) is 13.1. The van der Waals surface area contributed by atoms with Crippen LogP contribution in [-0.2, 0) is 0 Å². The summed E-state index contributed by atoms with van der Waals surface area (Å²) in [6.07, 6.45) is 0. The Bertz CT molecular complexity index is 492. The van der Waals surface area contributed by atoms with Crippen LogP contribution in [0, 0.1) is 23.0 Å². The first kappa shape index (κ1) is 12.5. The molecule has 0 bridgehead atoms. The van der Waals surface area contributed by atoms with Crippen LogP contribution in [0.3, 0.4) is 0 Å². The minimum absolute atomic E-state index is 0.255. The average Bonchev–Trinajstić information content (AvgIpc) is 2.38. The second kappa shape index (κ2) is 5.10. The van der Waals surface area contributed by atoms with Crippen LogP contribution in [0.25, 0.3) is 0 Å². The van der Waals surface area contributed by atoms with Gasteiger partial charge in [-0.1, -0.05) is 6.07 Å². The molecule has 1 aliphatic rings. The van der Waals surface area contributed by atoms with Gasteiger partial charge in [-0.2, -0.15) is 5.26 Å². The number of halogens is 2. The highest BCUT2D eigenvalue weighted by Gasteiger charge is 2.30. The molecular formula is C12H11F2N3O. The highest BCUT2D eigenvalue weighted by atomic mass is 19.1. The van der Waals surface area contributed by atoms with Crippen molar-refractivity contribution in [1.29, 1.82) is 5.26 Å². The standard InChI is InChI=1S/C12H11F2N3O/c13-9-2-1-3-10(14)11(9)12(18)17-5-4-16-7-8(17)6-15/h1-3,8,16H,4-5,7H2. The third-order valence-corrected chi connectivity index (χ3v) is 2.83. The second-order valence-electron chi connectivity index (χ2n) is 3.94. The molecule has 1 aromatic rings. The third-order valence-electron chi connectivity index (χ3n) is 2.83. The van der Waals surface area contributed by atoms with Crippen LogP contribution >= 0.6 is 0 Å². The number of rotatable bonds is 1. The van der Waals surface area contributed by atoms with Crippen molar-refractivity contribution in [3.8, 4) is 6.07 Å². The molecule has 94 valence electrons. The summed E-state index contributed by atoms with van der Waals surface area (Å²) in [4.78, 5) is 13.3. The minimum atomic E-state index is -0.907. The molecule has 4 nitrogen and oxygen atoms in total. The molecule has 1 N–H and O–H groups in total. The smallest absolute Gasteiger partial charge is 0.260 e. The highest BCUT2D eigenvalue weighted by molar-refractivity contribution is 5.95. The molecule has 2 rings (SSSR count). The van der Waals surface area contributed by atoms with Crippen LogP contribution in [-0.4, -0.2) is 36.5 Å². The molecule has 1 atom stereocenters. The molecule has 6 heteroatoms. The Labute approximate surface area is 103 Å². The predicted molar refractivity (Wildman–Crippen MR) is 59.7 cm³/mol. The number of nitriles is 1. The van der Waals surface area contributed by atoms with Crippen LogP contribution in [0.4, 0.5) is 8.78 Å². The molecule has 1 amide bonds. The lowest BCUT2D eigenvalue weighted by molar-refractivity contribution is 0.0677. The van der Waals surface area contributed by atoms with Gasteiger partial charge in [-0.25, -0.2) is 8.78 Å². The van der Waals surface area contributed by atoms with Gasteiger partial charge in [0, 0.05) is 19.6 Å². The number of carbonyl (C=O) groups excluding carboxylic acids is 1. The van der Waals surface area contributed by atoms with Crippen molar-refractivity contribution < 1.29 is 13.6 Å². The summed E-state index contributed by atoms with van der Waals surface area (Å²) in [7, 11) is 0. The second-order valence-corrected chi connectivity index (χ2v) is 3.94. The van der Waals surface area contributed by atoms with E-state index in [9.17, 15) is 13.6 Å². The predicted octanol–water partition coefficient (Wildman–Crippen LogP) is 0.902. The number of benzene rings is 1. The van der Waals surface area contributed by atoms with Gasteiger partial charge >= 0.3 is 0 Å². The molecule has 1 aliphatic heterocycles. The van der Waals surface area contributed by atoms with Crippen molar-refractivity contribution in [3.63, 3.8) is 0 Å². The van der Waals surface area contributed by atoms with Gasteiger partial charge in [0.25, 0.3) is 5.91 Å². The van der Waals surface area contributed by atoms with E-state index in [0.717, 1.165) is 12.1 Å². The van der Waals surface area contributed by atoms with Gasteiger partial charge in [0.05, 0.1) is 6.07 Å². The molecule has 0 saturated carbocycles. The number of hydrogen-bond donors (Lipinski definition) is 1. The molecule has 18 heavy (non-hydrogen) atoms. The van der Waals surface area contributed by atoms with Crippen LogP contribution < -0.4 is 5.32 Å². The zero-order valence-corrected chi connectivity index (χ0v) is 9.49. The van der Waals surface area contributed by atoms with Crippen molar-refractivity contribution in [2.45, 2.75) is 6.04 Å². The molecule has 1 heterocycles. The number of amides is 1. The molecular weight excluding hydrogens is 240 g/mol. The highest BCUT2D eigenvalue weighted by Crippen LogP contribution is 2.16. The molecule has 1 aromatic carbocycles. The van der Waals surface area contributed by atoms with E-state index in [1.54, 1.807) is 0 Å². The molecule has 0 aromatic heterocycles. The summed E-state index contributed by atoms with van der Waals surface area (Å²) in [5.74, 6) is -2.59. The van der Waals surface area contributed by atoms with Gasteiger partial charge in [0.15, 0.2) is 0 Å². The largest absolute Gasteiger partial charge is 0.320 e. The van der Waals surface area contributed by atoms with E-state index in [0.29, 0.717) is 13.1 Å². The first-order chi connectivity index (χ1) is 8.65. The number of nitrogens with one attached hydrogen (secondary N) is 1. The Morgan fingerprint density at radius 3 is 2.72 bits per heavy atom. The van der Waals surface area contributed by atoms with Crippen LogP contribution in [0.5, 0.6) is 0 Å². The maximum atomic E-state index is 13.5. The van der Waals surface area contributed by atoms with Crippen LogP contribution in [0.1, 0.15) is 10.4 Å². The van der Waals surface area contributed by atoms with E-state index in [1.807, 2.05) is 6.07 Å². The van der Waals surface area contributed by atoms with Gasteiger partial charge < -0.3 is 10.2 Å². The Hall–Kier alpha value is -2.00. The van der Waals surface area contributed by atoms with E-state index in [2.05, 4.69) is 5.32 Å². The number of carbonyl (C=O) groups is 1. The van der Waals surface area contributed by atoms with E-state index in [-0.39, 0.29) is 6.54 Å². The zero-order valence-electron chi connectivity index (χ0n) is 9.49. The van der Waals surface area contributed by atoms with Gasteiger partial charge in [-0.05, 0) is 12.1 Å². The molecule has 1 fully saturated rings. The maximum absolute atomic E-state index is 13.5. The fourth-order valence-electron chi connectivity index (χ4n) is 1.91. The molecule has 0 spiro atoms. The molecule has 1 unspecified atom stereocenters. The van der Waals surface area contributed by atoms with Crippen molar-refractivity contribution in [3.05, 3.63) is 35.4 Å². The van der Waals surface area contributed by atoms with E-state index >= 15 is 0 Å². The van der Waals surface area contributed by atoms with Gasteiger partial charge in [0.2, 0.25) is 0 Å². The number of nitrogens with zero attached hydrogens (tertiary/aromatic N) is 2. The van der Waals surface area contributed by atoms with Crippen molar-refractivity contribution >= 4 is 5.91 Å². The lowest BCUT2D eigenvalue weighted by Gasteiger charge is -2.32. The summed E-state index contributed by atoms with van der Waals surface area (Å²) < 4.78 is 27.0. The summed E-state index contributed by atoms with van der Waals surface area (Å²) in [5, 5.41) is 11.9. The Morgan fingerprint density at radius 2 is 2.11 bits per heavy atom. The number of piperazine rings is 1. The van der Waals surface area contributed by atoms with Crippen molar-refractivity contribution in [2.24, 2.45) is 0 Å². The lowest BCUT2D eigenvalue weighted by atomic mass is 10.1. The van der Waals surface area contributed by atoms with Gasteiger partial charge in [-0.15, -0.1) is 0 Å². The SMILES string of the molecule is N#CC1CNCCN1C(=O)c1c(F)cccc1F. The first-order valence-corrected chi connectivity index (χ1v) is 5.50. The minimum Gasteiger partial charge on any atom is -0.320 e. The lowest BCUT2D eigenvalue weighted by Crippen LogP contribution is -2.53. The molecule has 1 saturated heterocycles. The third kappa shape index (κ3) is 2.17. The van der Waals surface area contributed by atoms with Crippen LogP contribution in [0.2, 0.25) is 0 Å². The van der Waals surface area contributed by atoms with Gasteiger partial charge in [-0.3, -0.25) is 4.79 Å². The normalized spacial score (nSPS) is 19.4. The first-order valence-electron chi connectivity index (χ1n) is 5.50. The van der Waals surface area contributed by atoms with E-state index < -0.39 is 29.1 Å². The van der Waals surface area contributed by atoms with E-state index in [1.165, 1.54) is 11.0 Å². The Morgan fingerprint density at radius 1 is 1.44 bits per heavy atom. The Balaban J connectivity index is 2.33. The summed E-state index contributed by atoms with van der Waals surface area (Å²) in [6.45, 7) is 1.06. The quantitative estimate of drug-likeness (QED) is 0.807. The monoisotopic (exact) mass is 251 g/mol. The summed E-state index contributed by atoms with van der Waals surface area (Å²) >= 11 is 0. The topological polar surface area (TPSA) is 56.1 Å². The maximum Gasteiger partial charge on any atom is 0.260 e. The van der Waals surface area contributed by atoms with Crippen LogP contribution in [0.15, 0.2) is 18.2 Å². The molecule has 0 aliphatic carbocycles. The molecule has 0 radical (unpaired) electrons. The fraction of sp³-hybridized carbons (Fsp3) is 0.333. The summed E-state index contributed by atoms with van der Waals surface area (Å²) in [5.41, 5.74) is -0.598. The fourth-order valence-corrected chi connectivity index (χ4v) is 1.91. The number of hydrogen-bond acceptors (Lipinski definition) is 3. The van der Waals surface area contributed by atoms with Crippen molar-refractivity contribution in [2.75, 3.05) is 19.6 Å². The summed E-state index contributed by atoms with van der Waals surface area (Å²) in [6, 6.07) is 4.49.